The van der Waals surface area contributed by atoms with E-state index < -0.39 is 5.83 Å². The van der Waals surface area contributed by atoms with E-state index in [1.54, 1.807) is 21.0 Å². The molecule has 158 valence electrons. The van der Waals surface area contributed by atoms with Crippen LogP contribution >= 0.6 is 0 Å². The zero-order valence-electron chi connectivity index (χ0n) is 18.1. The van der Waals surface area contributed by atoms with Gasteiger partial charge in [-0.1, -0.05) is 55.2 Å². The molecule has 0 atom stereocenters. The van der Waals surface area contributed by atoms with Gasteiger partial charge in [0.2, 0.25) is 6.41 Å². The van der Waals surface area contributed by atoms with Crippen LogP contribution in [0, 0.1) is 0 Å². The van der Waals surface area contributed by atoms with Gasteiger partial charge in [-0.25, -0.2) is 4.39 Å². The van der Waals surface area contributed by atoms with E-state index in [2.05, 4.69) is 16.9 Å². The van der Waals surface area contributed by atoms with Crippen LogP contribution in [0.4, 0.5) is 4.39 Å². The van der Waals surface area contributed by atoms with Crippen LogP contribution < -0.4 is 5.32 Å². The molecule has 0 aromatic carbocycles. The van der Waals surface area contributed by atoms with Crippen LogP contribution in [-0.2, 0) is 4.79 Å². The predicted octanol–water partition coefficient (Wildman–Crippen LogP) is 5.46. The molecule has 0 aromatic heterocycles. The molecule has 1 rings (SSSR count). The Morgan fingerprint density at radius 3 is 2.77 bits per heavy atom. The number of hydrogen-bond acceptors (Lipinski definition) is 3. The third-order valence-electron chi connectivity index (χ3n) is 4.16. The third-order valence-corrected chi connectivity index (χ3v) is 4.16. The fourth-order valence-corrected chi connectivity index (χ4v) is 2.47. The molecule has 4 nitrogen and oxygen atoms in total. The van der Waals surface area contributed by atoms with E-state index in [1.807, 2.05) is 61.6 Å². The number of hydrogen-bond donors (Lipinski definition) is 1. The Labute approximate surface area is 179 Å². The number of likely N-dealkylation sites (N-methyl/N-ethyl adjacent to an activating group) is 1. The molecule has 0 aromatic rings. The predicted molar refractivity (Wildman–Crippen MR) is 125 cm³/mol. The number of amides is 1. The molecule has 1 N–H and O–H groups in total. The van der Waals surface area contributed by atoms with Crippen molar-refractivity contribution in [1.82, 2.24) is 10.2 Å². The molecule has 0 saturated heterocycles. The van der Waals surface area contributed by atoms with Crippen LogP contribution in [0.2, 0.25) is 0 Å². The van der Waals surface area contributed by atoms with Crippen molar-refractivity contribution in [2.75, 3.05) is 14.1 Å². The highest BCUT2D eigenvalue weighted by molar-refractivity contribution is 5.72. The quantitative estimate of drug-likeness (QED) is 0.297. The average Bonchev–Trinajstić information content (AvgIpc) is 2.98. The van der Waals surface area contributed by atoms with Crippen molar-refractivity contribution in [2.45, 2.75) is 20.3 Å². The van der Waals surface area contributed by atoms with E-state index in [0.29, 0.717) is 12.1 Å². The van der Waals surface area contributed by atoms with Gasteiger partial charge < -0.3 is 10.2 Å². The lowest BCUT2D eigenvalue weighted by atomic mass is 10.1. The van der Waals surface area contributed by atoms with Gasteiger partial charge in [-0.2, -0.15) is 0 Å². The number of nitrogens with one attached hydrogen (secondary N) is 1. The summed E-state index contributed by atoms with van der Waals surface area (Å²) in [6.45, 7) is 7.29. The van der Waals surface area contributed by atoms with Crippen molar-refractivity contribution in [1.29, 1.82) is 0 Å². The topological polar surface area (TPSA) is 44.7 Å². The minimum atomic E-state index is -0.414. The number of rotatable bonds is 10. The summed E-state index contributed by atoms with van der Waals surface area (Å²) in [6, 6.07) is 0. The lowest BCUT2D eigenvalue weighted by Gasteiger charge is -2.10. The van der Waals surface area contributed by atoms with E-state index in [4.69, 9.17) is 0 Å². The first-order chi connectivity index (χ1) is 14.5. The Bertz CT molecular complexity index is 893. The lowest BCUT2D eigenvalue weighted by Crippen LogP contribution is -2.13. The lowest BCUT2D eigenvalue weighted by molar-refractivity contribution is -0.115. The largest absolute Gasteiger partial charge is 0.392 e. The van der Waals surface area contributed by atoms with Gasteiger partial charge in [-0.05, 0) is 49.6 Å². The van der Waals surface area contributed by atoms with Gasteiger partial charge in [0.05, 0.1) is 0 Å². The van der Waals surface area contributed by atoms with Crippen LogP contribution in [-0.4, -0.2) is 31.6 Å². The van der Waals surface area contributed by atoms with Gasteiger partial charge >= 0.3 is 0 Å². The SMILES string of the molecule is C=C/C=N/C(C1=CC=C(/C=C/C=C(\C=C/C)N(C)C=O)C=CC1)=C(F)\C=C(/C)NC. The highest BCUT2D eigenvalue weighted by Gasteiger charge is 2.10. The van der Waals surface area contributed by atoms with Gasteiger partial charge in [-0.15, -0.1) is 0 Å². The summed E-state index contributed by atoms with van der Waals surface area (Å²) < 4.78 is 14.8. The van der Waals surface area contributed by atoms with Gasteiger partial charge in [0, 0.05) is 31.7 Å². The molecule has 1 amide bonds. The summed E-state index contributed by atoms with van der Waals surface area (Å²) in [7, 11) is 3.44. The maximum Gasteiger partial charge on any atom is 0.213 e. The summed E-state index contributed by atoms with van der Waals surface area (Å²) in [5.41, 5.74) is 3.46. The van der Waals surface area contributed by atoms with E-state index in [0.717, 1.165) is 23.3 Å². The summed E-state index contributed by atoms with van der Waals surface area (Å²) in [5.74, 6) is -0.414. The number of allylic oxidation sites excluding steroid dienone is 15. The first-order valence-electron chi connectivity index (χ1n) is 9.64. The molecule has 30 heavy (non-hydrogen) atoms. The maximum absolute atomic E-state index is 14.8. The Kier molecular flexibility index (Phi) is 11.2. The van der Waals surface area contributed by atoms with Crippen LogP contribution in [0.3, 0.4) is 0 Å². The number of carbonyl (C=O) groups is 1. The van der Waals surface area contributed by atoms with Crippen molar-refractivity contribution in [3.63, 3.8) is 0 Å². The van der Waals surface area contributed by atoms with Crippen LogP contribution in [0.25, 0.3) is 0 Å². The highest BCUT2D eigenvalue weighted by Crippen LogP contribution is 2.25. The molecule has 0 aliphatic heterocycles. The number of carbonyl (C=O) groups excluding carboxylic acids is 1. The zero-order valence-corrected chi connectivity index (χ0v) is 18.1. The second-order valence-corrected chi connectivity index (χ2v) is 6.42. The third kappa shape index (κ3) is 8.27. The van der Waals surface area contributed by atoms with Gasteiger partial charge in [-0.3, -0.25) is 9.79 Å². The minimum Gasteiger partial charge on any atom is -0.392 e. The van der Waals surface area contributed by atoms with E-state index in [-0.39, 0.29) is 5.70 Å². The summed E-state index contributed by atoms with van der Waals surface area (Å²) in [5, 5.41) is 2.91. The first kappa shape index (κ1) is 24.6. The fraction of sp³-hybridized carbons (Fsp3) is 0.200. The van der Waals surface area contributed by atoms with Crippen LogP contribution in [0.15, 0.2) is 112 Å². The molecule has 0 heterocycles. The number of aliphatic imine (C=N–C) groups is 1. The van der Waals surface area contributed by atoms with Crippen molar-refractivity contribution in [3.05, 3.63) is 107 Å². The van der Waals surface area contributed by atoms with Crippen molar-refractivity contribution < 1.29 is 9.18 Å². The number of halogens is 1. The Morgan fingerprint density at radius 2 is 2.13 bits per heavy atom. The Balaban J connectivity index is 3.24. The molecule has 1 aliphatic rings. The Hall–Kier alpha value is -3.47. The second-order valence-electron chi connectivity index (χ2n) is 6.42. The molecule has 0 radical (unpaired) electrons. The molecular weight excluding hydrogens is 377 g/mol. The zero-order chi connectivity index (χ0) is 22.4. The average molecular weight is 408 g/mol. The van der Waals surface area contributed by atoms with E-state index in [1.165, 1.54) is 23.3 Å². The number of nitrogens with zero attached hydrogens (tertiary/aromatic N) is 2. The van der Waals surface area contributed by atoms with Crippen molar-refractivity contribution >= 4 is 12.6 Å². The fourth-order valence-electron chi connectivity index (χ4n) is 2.47. The molecule has 1 aliphatic carbocycles. The molecule has 0 fully saturated rings. The maximum atomic E-state index is 14.8. The Morgan fingerprint density at radius 1 is 1.37 bits per heavy atom. The van der Waals surface area contributed by atoms with E-state index >= 15 is 0 Å². The van der Waals surface area contributed by atoms with Crippen LogP contribution in [0.5, 0.6) is 0 Å². The van der Waals surface area contributed by atoms with Gasteiger partial charge in [0.15, 0.2) is 5.83 Å². The molecule has 5 heteroatoms. The van der Waals surface area contributed by atoms with Gasteiger partial charge in [0.25, 0.3) is 0 Å². The molecular formula is C25H30FN3O. The summed E-state index contributed by atoms with van der Waals surface area (Å²) >= 11 is 0. The first-order valence-corrected chi connectivity index (χ1v) is 9.64. The molecule has 0 spiro atoms. The van der Waals surface area contributed by atoms with E-state index in [9.17, 15) is 9.18 Å². The second kappa shape index (κ2) is 13.7. The summed E-state index contributed by atoms with van der Waals surface area (Å²) in [6.07, 6.45) is 22.8. The highest BCUT2D eigenvalue weighted by atomic mass is 19.1. The summed E-state index contributed by atoms with van der Waals surface area (Å²) in [4.78, 5) is 16.7. The van der Waals surface area contributed by atoms with Crippen LogP contribution in [0.1, 0.15) is 20.3 Å². The standard InChI is InChI=1S/C25H30FN3O/c1-6-10-23(29(5)19-30)14-9-12-21-11-8-13-22(16-15-21)25(28-17-7-2)24(26)18-20(3)27-4/h6-12,14-19,27H,2,13H2,1,3-5H3/b10-6-,12-9+,20-18+,23-14+,25-24+,28-17+. The molecule has 0 saturated carbocycles. The van der Waals surface area contributed by atoms with Gasteiger partial charge in [0.1, 0.15) is 5.70 Å². The monoisotopic (exact) mass is 407 g/mol. The molecule has 0 bridgehead atoms. The molecule has 0 unspecified atom stereocenters. The minimum absolute atomic E-state index is 0.276. The van der Waals surface area contributed by atoms with Crippen molar-refractivity contribution in [2.24, 2.45) is 4.99 Å². The van der Waals surface area contributed by atoms with Crippen molar-refractivity contribution in [3.8, 4) is 0 Å². The smallest absolute Gasteiger partial charge is 0.213 e. The normalized spacial score (nSPS) is 16.4.